The molecule has 1 aromatic rings. The van der Waals surface area contributed by atoms with Crippen LogP contribution in [0.3, 0.4) is 0 Å². The molecule has 0 heterocycles. The van der Waals surface area contributed by atoms with Crippen molar-refractivity contribution in [2.45, 2.75) is 37.1 Å². The number of sulfonamides is 1. The van der Waals surface area contributed by atoms with Gasteiger partial charge in [0.15, 0.2) is 11.6 Å². The average molecular weight is 333 g/mol. The van der Waals surface area contributed by atoms with Gasteiger partial charge in [0.2, 0.25) is 10.0 Å². The second kappa shape index (κ2) is 7.06. The number of halogens is 1. The van der Waals surface area contributed by atoms with Crippen LogP contribution in [0.1, 0.15) is 26.7 Å². The minimum absolute atomic E-state index is 0.0664. The van der Waals surface area contributed by atoms with Gasteiger partial charge in [-0.25, -0.2) is 12.8 Å². The predicted octanol–water partition coefficient (Wildman–Crippen LogP) is 1.84. The van der Waals surface area contributed by atoms with E-state index < -0.39 is 27.3 Å². The van der Waals surface area contributed by atoms with Crippen molar-refractivity contribution >= 4 is 16.0 Å². The maximum absolute atomic E-state index is 13.7. The van der Waals surface area contributed by atoms with Crippen LogP contribution in [0.15, 0.2) is 23.1 Å². The van der Waals surface area contributed by atoms with E-state index in [1.54, 1.807) is 0 Å². The zero-order valence-electron chi connectivity index (χ0n) is 13.0. The van der Waals surface area contributed by atoms with Gasteiger partial charge in [-0.3, -0.25) is 4.79 Å². The Balaban J connectivity index is 3.18. The van der Waals surface area contributed by atoms with E-state index >= 15 is 0 Å². The van der Waals surface area contributed by atoms with Crippen LogP contribution >= 0.6 is 0 Å². The van der Waals surface area contributed by atoms with Crippen molar-refractivity contribution in [3.63, 3.8) is 0 Å². The number of benzene rings is 1. The molecule has 8 heteroatoms. The Kier molecular flexibility index (Phi) is 5.90. The van der Waals surface area contributed by atoms with Gasteiger partial charge < -0.3 is 9.47 Å². The van der Waals surface area contributed by atoms with E-state index in [1.165, 1.54) is 33.3 Å². The molecule has 124 valence electrons. The van der Waals surface area contributed by atoms with E-state index in [0.717, 1.165) is 6.07 Å². The monoisotopic (exact) mass is 333 g/mol. The molecular weight excluding hydrogens is 313 g/mol. The molecule has 0 aliphatic rings. The molecule has 0 bridgehead atoms. The van der Waals surface area contributed by atoms with E-state index in [0.29, 0.717) is 6.42 Å². The van der Waals surface area contributed by atoms with Crippen LogP contribution in [-0.2, 0) is 19.6 Å². The normalized spacial score (nSPS) is 14.2. The van der Waals surface area contributed by atoms with Crippen LogP contribution < -0.4 is 9.46 Å². The summed E-state index contributed by atoms with van der Waals surface area (Å²) in [5.74, 6) is -1.57. The third-order valence-corrected chi connectivity index (χ3v) is 4.77. The van der Waals surface area contributed by atoms with Gasteiger partial charge in [0.25, 0.3) is 0 Å². The fourth-order valence-electron chi connectivity index (χ4n) is 2.09. The first-order valence-corrected chi connectivity index (χ1v) is 8.14. The maximum atomic E-state index is 13.7. The summed E-state index contributed by atoms with van der Waals surface area (Å²) in [4.78, 5) is 11.6. The first kappa shape index (κ1) is 18.4. The minimum Gasteiger partial charge on any atom is -0.494 e. The van der Waals surface area contributed by atoms with Crippen molar-refractivity contribution in [1.82, 2.24) is 4.72 Å². The van der Waals surface area contributed by atoms with E-state index in [-0.39, 0.29) is 17.1 Å². The third kappa shape index (κ3) is 3.95. The van der Waals surface area contributed by atoms with Crippen molar-refractivity contribution < 1.29 is 27.1 Å². The minimum atomic E-state index is -4.09. The van der Waals surface area contributed by atoms with Crippen molar-refractivity contribution in [2.24, 2.45) is 0 Å². The number of ether oxygens (including phenoxy) is 2. The highest BCUT2D eigenvalue weighted by Crippen LogP contribution is 2.23. The zero-order chi connectivity index (χ0) is 17.0. The molecule has 0 fully saturated rings. The summed E-state index contributed by atoms with van der Waals surface area (Å²) in [5, 5.41) is 0. The van der Waals surface area contributed by atoms with Crippen molar-refractivity contribution in [1.29, 1.82) is 0 Å². The molecule has 1 N–H and O–H groups in total. The molecule has 0 unspecified atom stereocenters. The molecule has 22 heavy (non-hydrogen) atoms. The Morgan fingerprint density at radius 3 is 2.45 bits per heavy atom. The summed E-state index contributed by atoms with van der Waals surface area (Å²) in [6, 6.07) is 3.25. The molecule has 0 saturated heterocycles. The summed E-state index contributed by atoms with van der Waals surface area (Å²) in [5.41, 5.74) is -1.42. The lowest BCUT2D eigenvalue weighted by Crippen LogP contribution is -2.52. The summed E-state index contributed by atoms with van der Waals surface area (Å²) < 4.78 is 50.1. The molecule has 0 saturated carbocycles. The SMILES string of the molecule is CCC[C@](C)(NS(=O)(=O)c1ccc(OC)c(F)c1)C(=O)OC. The zero-order valence-corrected chi connectivity index (χ0v) is 13.8. The number of carbonyl (C=O) groups is 1. The molecule has 6 nitrogen and oxygen atoms in total. The van der Waals surface area contributed by atoms with Crippen LogP contribution in [0.2, 0.25) is 0 Å². The predicted molar refractivity (Wildman–Crippen MR) is 78.6 cm³/mol. The van der Waals surface area contributed by atoms with E-state index in [9.17, 15) is 17.6 Å². The molecular formula is C14H20FNO5S. The Hall–Kier alpha value is -1.67. The Morgan fingerprint density at radius 2 is 2.00 bits per heavy atom. The van der Waals surface area contributed by atoms with Crippen molar-refractivity contribution in [3.8, 4) is 5.75 Å². The average Bonchev–Trinajstić information content (AvgIpc) is 2.45. The molecule has 1 aromatic carbocycles. The van der Waals surface area contributed by atoms with E-state index in [4.69, 9.17) is 4.74 Å². The molecule has 1 rings (SSSR count). The fraction of sp³-hybridized carbons (Fsp3) is 0.500. The standard InChI is InChI=1S/C14H20FNO5S/c1-5-8-14(2,13(17)21-4)16-22(18,19)10-6-7-12(20-3)11(15)9-10/h6-7,9,16H,5,8H2,1-4H3/t14-/m0/s1. The Labute approximate surface area is 129 Å². The highest BCUT2D eigenvalue weighted by atomic mass is 32.2. The Morgan fingerprint density at radius 1 is 1.36 bits per heavy atom. The van der Waals surface area contributed by atoms with Crippen LogP contribution in [0.5, 0.6) is 5.75 Å². The molecule has 0 radical (unpaired) electrons. The maximum Gasteiger partial charge on any atom is 0.326 e. The third-order valence-electron chi connectivity index (χ3n) is 3.18. The lowest BCUT2D eigenvalue weighted by molar-refractivity contribution is -0.147. The van der Waals surface area contributed by atoms with Crippen molar-refractivity contribution in [2.75, 3.05) is 14.2 Å². The Bertz CT molecular complexity index is 647. The van der Waals surface area contributed by atoms with Gasteiger partial charge in [0, 0.05) is 0 Å². The molecule has 0 aliphatic heterocycles. The number of methoxy groups -OCH3 is 2. The summed E-state index contributed by atoms with van der Waals surface area (Å²) in [6.07, 6.45) is 0.808. The lowest BCUT2D eigenvalue weighted by atomic mass is 9.98. The number of hydrogen-bond donors (Lipinski definition) is 1. The highest BCUT2D eigenvalue weighted by molar-refractivity contribution is 7.89. The lowest BCUT2D eigenvalue weighted by Gasteiger charge is -2.27. The summed E-state index contributed by atoms with van der Waals surface area (Å²) >= 11 is 0. The van der Waals surface area contributed by atoms with Crippen LogP contribution in [-0.4, -0.2) is 34.1 Å². The number of carbonyl (C=O) groups excluding carboxylic acids is 1. The number of hydrogen-bond acceptors (Lipinski definition) is 5. The first-order chi connectivity index (χ1) is 10.2. The molecule has 0 aromatic heterocycles. The molecule has 0 aliphatic carbocycles. The van der Waals surface area contributed by atoms with Crippen LogP contribution in [0.25, 0.3) is 0 Å². The van der Waals surface area contributed by atoms with Gasteiger partial charge >= 0.3 is 5.97 Å². The highest BCUT2D eigenvalue weighted by Gasteiger charge is 2.38. The van der Waals surface area contributed by atoms with Gasteiger partial charge in [-0.05, 0) is 31.5 Å². The van der Waals surface area contributed by atoms with E-state index in [2.05, 4.69) is 9.46 Å². The second-order valence-corrected chi connectivity index (χ2v) is 6.66. The van der Waals surface area contributed by atoms with Gasteiger partial charge in [-0.15, -0.1) is 0 Å². The smallest absolute Gasteiger partial charge is 0.326 e. The largest absolute Gasteiger partial charge is 0.494 e. The van der Waals surface area contributed by atoms with E-state index in [1.807, 2.05) is 6.92 Å². The van der Waals surface area contributed by atoms with Crippen molar-refractivity contribution in [3.05, 3.63) is 24.0 Å². The van der Waals surface area contributed by atoms with Gasteiger partial charge in [-0.2, -0.15) is 4.72 Å². The van der Waals surface area contributed by atoms with Crippen LogP contribution in [0, 0.1) is 5.82 Å². The molecule has 0 amide bonds. The number of rotatable bonds is 7. The van der Waals surface area contributed by atoms with Gasteiger partial charge in [0.1, 0.15) is 5.54 Å². The van der Waals surface area contributed by atoms with Gasteiger partial charge in [0.05, 0.1) is 19.1 Å². The number of esters is 1. The van der Waals surface area contributed by atoms with Gasteiger partial charge in [-0.1, -0.05) is 13.3 Å². The molecule has 0 spiro atoms. The topological polar surface area (TPSA) is 81.7 Å². The summed E-state index contributed by atoms with van der Waals surface area (Å²) in [7, 11) is -1.63. The quantitative estimate of drug-likeness (QED) is 0.770. The summed E-state index contributed by atoms with van der Waals surface area (Å²) in [6.45, 7) is 3.24. The second-order valence-electron chi connectivity index (χ2n) is 4.98. The first-order valence-electron chi connectivity index (χ1n) is 6.66. The van der Waals surface area contributed by atoms with Crippen LogP contribution in [0.4, 0.5) is 4.39 Å². The fourth-order valence-corrected chi connectivity index (χ4v) is 3.49. The molecule has 1 atom stereocenters. The number of nitrogens with one attached hydrogen (secondary N) is 1.